The third-order valence-corrected chi connectivity index (χ3v) is 7.82. The first kappa shape index (κ1) is 24.3. The van der Waals surface area contributed by atoms with E-state index >= 15 is 0 Å². The second-order valence-electron chi connectivity index (χ2n) is 8.05. The zero-order chi connectivity index (χ0) is 24.1. The first-order valence-electron chi connectivity index (χ1n) is 11.4. The van der Waals surface area contributed by atoms with Crippen LogP contribution in [-0.2, 0) is 31.9 Å². The van der Waals surface area contributed by atoms with Gasteiger partial charge in [0.2, 0.25) is 0 Å². The van der Waals surface area contributed by atoms with E-state index in [1.54, 1.807) is 6.92 Å². The number of carbonyl (C=O) groups is 3. The molecule has 6 nitrogen and oxygen atoms in total. The van der Waals surface area contributed by atoms with Crippen molar-refractivity contribution in [3.05, 3.63) is 58.5 Å². The van der Waals surface area contributed by atoms with Gasteiger partial charge in [0.15, 0.2) is 6.10 Å². The van der Waals surface area contributed by atoms with Gasteiger partial charge >= 0.3 is 11.9 Å². The topological polar surface area (TPSA) is 81.7 Å². The molecule has 3 aromatic rings. The Labute approximate surface area is 207 Å². The highest BCUT2D eigenvalue weighted by molar-refractivity contribution is 8.00. The van der Waals surface area contributed by atoms with Crippen molar-refractivity contribution in [2.24, 2.45) is 0 Å². The molecule has 0 radical (unpaired) electrons. The van der Waals surface area contributed by atoms with Crippen LogP contribution in [0.4, 0.5) is 5.00 Å². The van der Waals surface area contributed by atoms with E-state index in [0.717, 1.165) is 51.8 Å². The predicted molar refractivity (Wildman–Crippen MR) is 136 cm³/mol. The molecule has 34 heavy (non-hydrogen) atoms. The summed E-state index contributed by atoms with van der Waals surface area (Å²) < 4.78 is 10.6. The van der Waals surface area contributed by atoms with Crippen molar-refractivity contribution in [1.29, 1.82) is 0 Å². The number of rotatable bonds is 8. The van der Waals surface area contributed by atoms with E-state index in [9.17, 15) is 14.4 Å². The zero-order valence-corrected chi connectivity index (χ0v) is 20.9. The van der Waals surface area contributed by atoms with Gasteiger partial charge in [-0.15, -0.1) is 23.1 Å². The van der Waals surface area contributed by atoms with Crippen LogP contribution in [0.25, 0.3) is 10.8 Å². The van der Waals surface area contributed by atoms with Crippen molar-refractivity contribution in [3.63, 3.8) is 0 Å². The number of aryl methyl sites for hydroxylation is 1. The van der Waals surface area contributed by atoms with Crippen molar-refractivity contribution in [2.75, 3.05) is 17.7 Å². The van der Waals surface area contributed by atoms with Crippen LogP contribution in [0.1, 0.15) is 47.5 Å². The van der Waals surface area contributed by atoms with E-state index in [-0.39, 0.29) is 12.4 Å². The fourth-order valence-electron chi connectivity index (χ4n) is 3.97. The minimum Gasteiger partial charge on any atom is -0.462 e. The zero-order valence-electron chi connectivity index (χ0n) is 19.2. The Hall–Kier alpha value is -2.84. The SMILES string of the molecule is CCOC(=O)c1c(NC(=O)C(C)OC(=O)CSc2ccc3ccccc3c2)sc2c1CCCC2. The van der Waals surface area contributed by atoms with Crippen LogP contribution in [0.3, 0.4) is 0 Å². The highest BCUT2D eigenvalue weighted by atomic mass is 32.2. The molecular weight excluding hydrogens is 470 g/mol. The molecule has 1 heterocycles. The third-order valence-electron chi connectivity index (χ3n) is 5.64. The van der Waals surface area contributed by atoms with Crippen molar-refractivity contribution in [2.45, 2.75) is 50.5 Å². The minimum absolute atomic E-state index is 0.0946. The van der Waals surface area contributed by atoms with Crippen molar-refractivity contribution < 1.29 is 23.9 Å². The summed E-state index contributed by atoms with van der Waals surface area (Å²) in [5.41, 5.74) is 1.42. The fourth-order valence-corrected chi connectivity index (χ4v) is 5.98. The molecule has 4 rings (SSSR count). The molecule has 0 aliphatic heterocycles. The van der Waals surface area contributed by atoms with Gasteiger partial charge < -0.3 is 14.8 Å². The molecule has 2 aromatic carbocycles. The van der Waals surface area contributed by atoms with Crippen molar-refractivity contribution >= 4 is 56.7 Å². The molecule has 1 amide bonds. The molecule has 0 saturated heterocycles. The normalized spacial score (nSPS) is 13.7. The van der Waals surface area contributed by atoms with Gasteiger partial charge in [0.1, 0.15) is 5.00 Å². The number of benzene rings is 2. The average molecular weight is 498 g/mol. The standard InChI is InChI=1S/C26H27NO5S2/c1-3-31-26(30)23-20-10-6-7-11-21(20)34-25(23)27-24(29)16(2)32-22(28)15-33-19-13-12-17-8-4-5-9-18(17)14-19/h4-5,8-9,12-14,16H,3,6-7,10-11,15H2,1-2H3,(H,27,29). The Morgan fingerprint density at radius 3 is 2.65 bits per heavy atom. The van der Waals surface area contributed by atoms with Gasteiger partial charge in [-0.2, -0.15) is 0 Å². The smallest absolute Gasteiger partial charge is 0.341 e. The van der Waals surface area contributed by atoms with Crippen molar-refractivity contribution in [3.8, 4) is 0 Å². The number of ether oxygens (including phenoxy) is 2. The second kappa shape index (κ2) is 11.1. The van der Waals surface area contributed by atoms with Crippen LogP contribution >= 0.6 is 23.1 Å². The van der Waals surface area contributed by atoms with Gasteiger partial charge in [0.25, 0.3) is 5.91 Å². The summed E-state index contributed by atoms with van der Waals surface area (Å²) in [7, 11) is 0. The first-order valence-corrected chi connectivity index (χ1v) is 13.2. The highest BCUT2D eigenvalue weighted by Gasteiger charge is 2.28. The number of anilines is 1. The summed E-state index contributed by atoms with van der Waals surface area (Å²) in [6.45, 7) is 3.55. The minimum atomic E-state index is -0.987. The quantitative estimate of drug-likeness (QED) is 0.321. The summed E-state index contributed by atoms with van der Waals surface area (Å²) in [4.78, 5) is 39.8. The Morgan fingerprint density at radius 1 is 1.09 bits per heavy atom. The monoisotopic (exact) mass is 497 g/mol. The number of thiophene rings is 1. The molecule has 1 atom stereocenters. The fraction of sp³-hybridized carbons (Fsp3) is 0.346. The second-order valence-corrected chi connectivity index (χ2v) is 10.2. The van der Waals surface area contributed by atoms with Gasteiger partial charge in [-0.25, -0.2) is 4.79 Å². The molecule has 178 valence electrons. The molecule has 0 saturated carbocycles. The molecule has 1 aliphatic rings. The Balaban J connectivity index is 1.36. The highest BCUT2D eigenvalue weighted by Crippen LogP contribution is 2.38. The maximum Gasteiger partial charge on any atom is 0.341 e. The van der Waals surface area contributed by atoms with E-state index in [2.05, 4.69) is 5.32 Å². The van der Waals surface area contributed by atoms with Crippen LogP contribution in [0.2, 0.25) is 0 Å². The van der Waals surface area contributed by atoms with Gasteiger partial charge in [-0.1, -0.05) is 30.3 Å². The van der Waals surface area contributed by atoms with Crippen LogP contribution in [0.15, 0.2) is 47.4 Å². The van der Waals surface area contributed by atoms with Crippen LogP contribution in [0, 0.1) is 0 Å². The summed E-state index contributed by atoms with van der Waals surface area (Å²) in [6.07, 6.45) is 2.77. The summed E-state index contributed by atoms with van der Waals surface area (Å²) in [5, 5.41) is 5.51. The van der Waals surface area contributed by atoms with E-state index in [1.807, 2.05) is 42.5 Å². The molecule has 1 unspecified atom stereocenters. The number of carbonyl (C=O) groups excluding carboxylic acids is 3. The Bertz CT molecular complexity index is 1220. The molecule has 0 spiro atoms. The lowest BCUT2D eigenvalue weighted by Gasteiger charge is -2.14. The van der Waals surface area contributed by atoms with Crippen molar-refractivity contribution in [1.82, 2.24) is 0 Å². The van der Waals surface area contributed by atoms with E-state index in [0.29, 0.717) is 10.6 Å². The maximum atomic E-state index is 12.8. The molecule has 0 fully saturated rings. The molecular formula is C26H27NO5S2. The van der Waals surface area contributed by atoms with E-state index in [4.69, 9.17) is 9.47 Å². The Kier molecular flexibility index (Phi) is 7.90. The number of fused-ring (bicyclic) bond motifs is 2. The first-order chi connectivity index (χ1) is 16.5. The van der Waals surface area contributed by atoms with E-state index in [1.165, 1.54) is 30.0 Å². The number of thioether (sulfide) groups is 1. The molecule has 8 heteroatoms. The van der Waals surface area contributed by atoms with Gasteiger partial charge in [0, 0.05) is 9.77 Å². The number of nitrogens with one attached hydrogen (secondary N) is 1. The van der Waals surface area contributed by atoms with E-state index < -0.39 is 23.9 Å². The molecule has 0 bridgehead atoms. The van der Waals surface area contributed by atoms with Crippen LogP contribution in [-0.4, -0.2) is 36.3 Å². The van der Waals surface area contributed by atoms with Crippen LogP contribution < -0.4 is 5.32 Å². The molecule has 1 N–H and O–H groups in total. The van der Waals surface area contributed by atoms with Crippen LogP contribution in [0.5, 0.6) is 0 Å². The lowest BCUT2D eigenvalue weighted by atomic mass is 9.95. The number of hydrogen-bond donors (Lipinski definition) is 1. The maximum absolute atomic E-state index is 12.8. The largest absolute Gasteiger partial charge is 0.462 e. The summed E-state index contributed by atoms with van der Waals surface area (Å²) >= 11 is 2.78. The Morgan fingerprint density at radius 2 is 1.85 bits per heavy atom. The summed E-state index contributed by atoms with van der Waals surface area (Å²) in [5.74, 6) is -1.27. The predicted octanol–water partition coefficient (Wildman–Crippen LogP) is 5.62. The third kappa shape index (κ3) is 5.62. The van der Waals surface area contributed by atoms with Gasteiger partial charge in [0.05, 0.1) is 17.9 Å². The summed E-state index contributed by atoms with van der Waals surface area (Å²) in [6, 6.07) is 14.0. The number of esters is 2. The molecule has 1 aromatic heterocycles. The lowest BCUT2D eigenvalue weighted by molar-refractivity contribution is -0.150. The lowest BCUT2D eigenvalue weighted by Crippen LogP contribution is -2.30. The average Bonchev–Trinajstić information content (AvgIpc) is 3.20. The van der Waals surface area contributed by atoms with Gasteiger partial charge in [-0.05, 0) is 68.0 Å². The molecule has 1 aliphatic carbocycles. The number of hydrogen-bond acceptors (Lipinski definition) is 7. The van der Waals surface area contributed by atoms with Gasteiger partial charge in [-0.3, -0.25) is 9.59 Å². The number of amides is 1.